The van der Waals surface area contributed by atoms with Gasteiger partial charge in [-0.05, 0) is 42.5 Å². The number of H-pyrrole nitrogens is 1. The van der Waals surface area contributed by atoms with Crippen LogP contribution in [-0.4, -0.2) is 64.5 Å². The quantitative estimate of drug-likeness (QED) is 0.235. The number of aromatic amines is 1. The third-order valence-corrected chi connectivity index (χ3v) is 7.20. The van der Waals surface area contributed by atoms with Crippen LogP contribution in [0, 0.1) is 5.41 Å². The summed E-state index contributed by atoms with van der Waals surface area (Å²) in [6.07, 6.45) is -8.68. The van der Waals surface area contributed by atoms with E-state index in [9.17, 15) is 39.6 Å². The highest BCUT2D eigenvalue weighted by Crippen LogP contribution is 2.26. The van der Waals surface area contributed by atoms with Crippen LogP contribution in [-0.2, 0) is 19.6 Å². The largest absolute Gasteiger partial charge is 0.490 e. The van der Waals surface area contributed by atoms with Crippen LogP contribution < -0.4 is 15.5 Å². The summed E-state index contributed by atoms with van der Waals surface area (Å²) >= 11 is 6.29. The number of aromatic nitrogens is 3. The molecule has 236 valence electrons. The number of hydrogen-bond acceptors (Lipinski definition) is 7. The van der Waals surface area contributed by atoms with Crippen LogP contribution in [0.2, 0.25) is 5.02 Å². The summed E-state index contributed by atoms with van der Waals surface area (Å²) in [5.41, 5.74) is -0.125. The van der Waals surface area contributed by atoms with Crippen molar-refractivity contribution < 1.29 is 54.6 Å². The number of fused-ring (bicyclic) bond motifs is 1. The Morgan fingerprint density at radius 1 is 0.955 bits per heavy atom. The number of carbonyl (C=O) groups is 2. The van der Waals surface area contributed by atoms with E-state index in [0.29, 0.717) is 10.9 Å². The van der Waals surface area contributed by atoms with Gasteiger partial charge in [0.15, 0.2) is 0 Å². The fourth-order valence-corrected chi connectivity index (χ4v) is 4.44. The van der Waals surface area contributed by atoms with E-state index in [2.05, 4.69) is 9.97 Å². The maximum absolute atomic E-state index is 13.1. The number of halogens is 7. The summed E-state index contributed by atoms with van der Waals surface area (Å²) < 4.78 is 91.8. The monoisotopic (exact) mass is 669 g/mol. The number of carboxylic acids is 2. The number of alkyl halides is 6. The Morgan fingerprint density at radius 3 is 1.98 bits per heavy atom. The lowest BCUT2D eigenvalue weighted by molar-refractivity contribution is -0.193. The average Bonchev–Trinajstić information content (AvgIpc) is 2.93. The van der Waals surface area contributed by atoms with Gasteiger partial charge < -0.3 is 15.2 Å². The molecule has 0 unspecified atom stereocenters. The summed E-state index contributed by atoms with van der Waals surface area (Å²) in [4.78, 5) is 37.1. The number of sulfonamides is 1. The van der Waals surface area contributed by atoms with Gasteiger partial charge >= 0.3 is 30.0 Å². The van der Waals surface area contributed by atoms with Crippen molar-refractivity contribution in [3.05, 3.63) is 87.9 Å². The lowest BCUT2D eigenvalue weighted by Gasteiger charge is -2.19. The minimum absolute atomic E-state index is 0.0872. The zero-order valence-electron chi connectivity index (χ0n) is 21.7. The Labute approximate surface area is 247 Å². The number of benzene rings is 2. The summed E-state index contributed by atoms with van der Waals surface area (Å²) in [5.74, 6) is -5.27. The van der Waals surface area contributed by atoms with E-state index in [4.69, 9.17) is 36.8 Å². The van der Waals surface area contributed by atoms with Crippen molar-refractivity contribution in [1.82, 2.24) is 14.5 Å². The first-order valence-corrected chi connectivity index (χ1v) is 13.1. The molecule has 0 spiro atoms. The topological polar surface area (TPSA) is 187 Å². The number of anilines is 1. The van der Waals surface area contributed by atoms with Crippen LogP contribution in [0.3, 0.4) is 0 Å². The van der Waals surface area contributed by atoms with Crippen LogP contribution in [0.25, 0.3) is 16.6 Å². The molecule has 12 nitrogen and oxygen atoms in total. The molecule has 20 heteroatoms. The smallest absolute Gasteiger partial charge is 0.475 e. The fourth-order valence-electron chi connectivity index (χ4n) is 3.07. The molecule has 4 N–H and O–H groups in total. The second-order valence-electron chi connectivity index (χ2n) is 8.04. The van der Waals surface area contributed by atoms with Crippen LogP contribution in [0.1, 0.15) is 0 Å². The number of nitrogens with zero attached hydrogens (tertiary/aromatic N) is 3. The van der Waals surface area contributed by atoms with Gasteiger partial charge in [0, 0.05) is 18.6 Å². The molecule has 4 rings (SSSR count). The Kier molecular flexibility index (Phi) is 10.9. The summed E-state index contributed by atoms with van der Waals surface area (Å²) in [6.45, 7) is 0. The molecule has 0 saturated heterocycles. The predicted octanol–water partition coefficient (Wildman–Crippen LogP) is 3.94. The zero-order valence-corrected chi connectivity index (χ0v) is 23.3. The molecule has 0 amide bonds. The van der Waals surface area contributed by atoms with Gasteiger partial charge in [0.2, 0.25) is 0 Å². The number of hydrogen-bond donors (Lipinski definition) is 4. The number of nitrogens with one attached hydrogen (secondary N) is 2. The summed E-state index contributed by atoms with van der Waals surface area (Å²) in [5, 5.41) is 23.4. The van der Waals surface area contributed by atoms with Crippen molar-refractivity contribution in [3.8, 4) is 5.69 Å². The Morgan fingerprint density at radius 2 is 1.48 bits per heavy atom. The number of rotatable bonds is 4. The fraction of sp³-hybridized carbons (Fsp3) is 0.125. The predicted molar refractivity (Wildman–Crippen MR) is 142 cm³/mol. The minimum Gasteiger partial charge on any atom is -0.475 e. The molecule has 0 radical (unpaired) electrons. The van der Waals surface area contributed by atoms with E-state index in [0.717, 1.165) is 8.87 Å². The molecule has 4 aromatic rings. The Hall–Kier alpha value is -4.91. The molecule has 0 fully saturated rings. The molecule has 0 atom stereocenters. The average molecular weight is 670 g/mol. The molecule has 0 aliphatic rings. The zero-order chi connectivity index (χ0) is 33.6. The van der Waals surface area contributed by atoms with Crippen molar-refractivity contribution in [2.45, 2.75) is 17.2 Å². The van der Waals surface area contributed by atoms with E-state index in [1.807, 2.05) is 0 Å². The van der Waals surface area contributed by atoms with E-state index in [-0.39, 0.29) is 26.9 Å². The maximum Gasteiger partial charge on any atom is 0.490 e. The van der Waals surface area contributed by atoms with Crippen molar-refractivity contribution >= 4 is 50.3 Å². The molecule has 0 aliphatic heterocycles. The van der Waals surface area contributed by atoms with Gasteiger partial charge in [-0.25, -0.2) is 32.4 Å². The third kappa shape index (κ3) is 8.57. The second-order valence-corrected chi connectivity index (χ2v) is 10.4. The Bertz CT molecular complexity index is 1870. The SMILES string of the molecule is CN(c1ccccn1)S(=O)(=O)c1ccc(Cl)c(-n2c(=O)[nH]c3ccccc3c2=N)c1.O=C(O)C(F)(F)F.O=C(O)C(F)(F)F. The maximum atomic E-state index is 13.1. The Balaban J connectivity index is 0.000000402. The standard InChI is InChI=1S/C20H16ClN5O3S.2C2HF3O2/c1-25(18-8-4-5-11-23-18)30(28,29)13-9-10-15(21)17(12-13)26-19(22)14-6-2-3-7-16(14)24-20(26)27;2*3-2(4,5)1(6)7/h2-12,22H,1H3,(H,24,27);2*(H,6,7). The van der Waals surface area contributed by atoms with Crippen molar-refractivity contribution in [3.63, 3.8) is 0 Å². The molecule has 0 aliphatic carbocycles. The van der Waals surface area contributed by atoms with Gasteiger partial charge in [-0.1, -0.05) is 29.8 Å². The molecule has 2 heterocycles. The molecule has 2 aromatic carbocycles. The summed E-state index contributed by atoms with van der Waals surface area (Å²) in [6, 6.07) is 15.8. The van der Waals surface area contributed by atoms with E-state index in [1.165, 1.54) is 31.4 Å². The van der Waals surface area contributed by atoms with Crippen LogP contribution in [0.15, 0.2) is 76.6 Å². The highest BCUT2D eigenvalue weighted by molar-refractivity contribution is 7.92. The minimum atomic E-state index is -5.08. The normalized spacial score (nSPS) is 11.5. The van der Waals surface area contributed by atoms with Gasteiger partial charge in [0.1, 0.15) is 11.3 Å². The van der Waals surface area contributed by atoms with Gasteiger partial charge in [-0.3, -0.25) is 9.71 Å². The van der Waals surface area contributed by atoms with Crippen LogP contribution in [0.5, 0.6) is 0 Å². The van der Waals surface area contributed by atoms with Crippen LogP contribution in [0.4, 0.5) is 32.2 Å². The van der Waals surface area contributed by atoms with Crippen molar-refractivity contribution in [2.24, 2.45) is 0 Å². The van der Waals surface area contributed by atoms with E-state index < -0.39 is 40.0 Å². The van der Waals surface area contributed by atoms with Crippen LogP contribution >= 0.6 is 11.6 Å². The molecule has 0 saturated carbocycles. The van der Waals surface area contributed by atoms with Gasteiger partial charge in [-0.15, -0.1) is 0 Å². The first-order chi connectivity index (χ1) is 20.2. The second kappa shape index (κ2) is 13.6. The van der Waals surface area contributed by atoms with E-state index in [1.54, 1.807) is 42.5 Å². The lowest BCUT2D eigenvalue weighted by Crippen LogP contribution is -2.34. The third-order valence-electron chi connectivity index (χ3n) is 5.12. The highest BCUT2D eigenvalue weighted by Gasteiger charge is 2.38. The first-order valence-electron chi connectivity index (χ1n) is 11.3. The van der Waals surface area contributed by atoms with Gasteiger partial charge in [0.25, 0.3) is 10.0 Å². The molecule has 44 heavy (non-hydrogen) atoms. The highest BCUT2D eigenvalue weighted by atomic mass is 35.5. The van der Waals surface area contributed by atoms with E-state index >= 15 is 0 Å². The number of aliphatic carboxylic acids is 2. The molecule has 0 bridgehead atoms. The number of para-hydroxylation sites is 1. The molecule has 2 aromatic heterocycles. The lowest BCUT2D eigenvalue weighted by atomic mass is 10.2. The number of carboxylic acid groups (broad SMARTS) is 2. The van der Waals surface area contributed by atoms with Crippen molar-refractivity contribution in [2.75, 3.05) is 11.4 Å². The first kappa shape index (κ1) is 35.3. The summed E-state index contributed by atoms with van der Waals surface area (Å²) in [7, 11) is -2.60. The number of pyridine rings is 1. The van der Waals surface area contributed by atoms with Gasteiger partial charge in [-0.2, -0.15) is 26.3 Å². The van der Waals surface area contributed by atoms with Crippen molar-refractivity contribution in [1.29, 1.82) is 5.41 Å². The molecular weight excluding hydrogens is 652 g/mol. The van der Waals surface area contributed by atoms with Gasteiger partial charge in [0.05, 0.1) is 21.1 Å². The molecular formula is C24H18ClF6N5O7S.